The van der Waals surface area contributed by atoms with E-state index in [0.29, 0.717) is 12.4 Å². The summed E-state index contributed by atoms with van der Waals surface area (Å²) in [5.74, 6) is 0.478. The van der Waals surface area contributed by atoms with E-state index in [4.69, 9.17) is 0 Å². The van der Waals surface area contributed by atoms with Crippen LogP contribution in [0.2, 0.25) is 0 Å². The second-order valence-corrected chi connectivity index (χ2v) is 9.06. The lowest BCUT2D eigenvalue weighted by molar-refractivity contribution is -0.274. The van der Waals surface area contributed by atoms with Gasteiger partial charge in [-0.05, 0) is 54.7 Å². The standard InChI is InChI=1S/C25H22F3N3O2S/c1-15-14-21-23(30-22(16(2)32)31-24(21)34-15)29-13-3-4-17-5-7-18(8-6-17)19-9-11-20(12-10-19)33-25(26,27)28/h5-12,14H,3-4,13H2,1-2H3,(H,29,30,31). The van der Waals surface area contributed by atoms with Crippen molar-refractivity contribution in [2.24, 2.45) is 0 Å². The van der Waals surface area contributed by atoms with E-state index in [-0.39, 0.29) is 17.4 Å². The third-order valence-corrected chi connectivity index (χ3v) is 6.09. The summed E-state index contributed by atoms with van der Waals surface area (Å²) in [6.45, 7) is 4.14. The fraction of sp³-hybridized carbons (Fsp3) is 0.240. The lowest BCUT2D eigenvalue weighted by Crippen LogP contribution is -2.16. The zero-order valence-corrected chi connectivity index (χ0v) is 19.4. The maximum Gasteiger partial charge on any atom is 0.573 e. The zero-order valence-electron chi connectivity index (χ0n) is 18.6. The van der Waals surface area contributed by atoms with Crippen molar-refractivity contribution in [3.05, 3.63) is 70.9 Å². The second-order valence-electron chi connectivity index (χ2n) is 7.83. The topological polar surface area (TPSA) is 64.1 Å². The van der Waals surface area contributed by atoms with Crippen LogP contribution in [0.15, 0.2) is 54.6 Å². The predicted molar refractivity (Wildman–Crippen MR) is 128 cm³/mol. The van der Waals surface area contributed by atoms with E-state index in [9.17, 15) is 18.0 Å². The maximum atomic E-state index is 12.3. The van der Waals surface area contributed by atoms with Crippen LogP contribution in [0.1, 0.15) is 34.4 Å². The molecule has 34 heavy (non-hydrogen) atoms. The number of hydrogen-bond acceptors (Lipinski definition) is 6. The smallest absolute Gasteiger partial charge is 0.406 e. The number of ether oxygens (including phenoxy) is 1. The number of Topliss-reactive ketones (excluding diaryl/α,β-unsaturated/α-hetero) is 1. The molecular formula is C25H22F3N3O2S. The third-order valence-electron chi connectivity index (χ3n) is 5.14. The van der Waals surface area contributed by atoms with Crippen molar-refractivity contribution in [2.45, 2.75) is 33.1 Å². The van der Waals surface area contributed by atoms with Crippen LogP contribution in [0, 0.1) is 6.92 Å². The van der Waals surface area contributed by atoms with Gasteiger partial charge in [-0.3, -0.25) is 4.79 Å². The van der Waals surface area contributed by atoms with E-state index < -0.39 is 6.36 Å². The molecule has 9 heteroatoms. The molecule has 2 aromatic carbocycles. The Balaban J connectivity index is 1.34. The molecule has 0 radical (unpaired) electrons. The van der Waals surface area contributed by atoms with Crippen molar-refractivity contribution in [1.29, 1.82) is 0 Å². The van der Waals surface area contributed by atoms with Crippen LogP contribution in [-0.4, -0.2) is 28.7 Å². The quantitative estimate of drug-likeness (QED) is 0.219. The number of rotatable bonds is 8. The monoisotopic (exact) mass is 485 g/mol. The molecule has 0 unspecified atom stereocenters. The first-order chi connectivity index (χ1) is 16.2. The molecule has 176 valence electrons. The molecule has 1 N–H and O–H groups in total. The van der Waals surface area contributed by atoms with Gasteiger partial charge in [0.05, 0.1) is 5.39 Å². The van der Waals surface area contributed by atoms with Crippen molar-refractivity contribution in [3.8, 4) is 16.9 Å². The number of thiophene rings is 1. The van der Waals surface area contributed by atoms with Crippen molar-refractivity contribution in [2.75, 3.05) is 11.9 Å². The Hall–Kier alpha value is -3.46. The zero-order chi connectivity index (χ0) is 24.3. The summed E-state index contributed by atoms with van der Waals surface area (Å²) in [7, 11) is 0. The summed E-state index contributed by atoms with van der Waals surface area (Å²) in [5.41, 5.74) is 2.86. The second kappa shape index (κ2) is 9.80. The number of benzene rings is 2. The number of carbonyl (C=O) groups excluding carboxylic acids is 1. The van der Waals surface area contributed by atoms with Crippen molar-refractivity contribution < 1.29 is 22.7 Å². The molecule has 0 saturated heterocycles. The highest BCUT2D eigenvalue weighted by molar-refractivity contribution is 7.18. The molecule has 0 aliphatic heterocycles. The predicted octanol–water partition coefficient (Wildman–Crippen LogP) is 6.81. The van der Waals surface area contributed by atoms with E-state index in [0.717, 1.165) is 44.6 Å². The van der Waals surface area contributed by atoms with Crippen LogP contribution in [0.25, 0.3) is 21.3 Å². The van der Waals surface area contributed by atoms with E-state index in [2.05, 4.69) is 20.0 Å². The molecular weight excluding hydrogens is 463 g/mol. The summed E-state index contributed by atoms with van der Waals surface area (Å²) in [6.07, 6.45) is -3.01. The summed E-state index contributed by atoms with van der Waals surface area (Å²) in [4.78, 5) is 22.4. The van der Waals surface area contributed by atoms with E-state index >= 15 is 0 Å². The maximum absolute atomic E-state index is 12.3. The minimum absolute atomic E-state index is 0.168. The highest BCUT2D eigenvalue weighted by atomic mass is 32.1. The average molecular weight is 486 g/mol. The number of alkyl halides is 3. The number of nitrogens with one attached hydrogen (secondary N) is 1. The number of aryl methyl sites for hydroxylation is 2. The van der Waals surface area contributed by atoms with Crippen LogP contribution in [0.3, 0.4) is 0 Å². The largest absolute Gasteiger partial charge is 0.573 e. The molecule has 0 amide bonds. The van der Waals surface area contributed by atoms with Crippen LogP contribution in [-0.2, 0) is 6.42 Å². The first kappa shape index (κ1) is 23.7. The molecule has 0 bridgehead atoms. The Labute approximate surface area is 198 Å². The van der Waals surface area contributed by atoms with Crippen LogP contribution < -0.4 is 10.1 Å². The van der Waals surface area contributed by atoms with Gasteiger partial charge in [0.2, 0.25) is 0 Å². The molecule has 0 saturated carbocycles. The van der Waals surface area contributed by atoms with Crippen LogP contribution in [0.4, 0.5) is 19.0 Å². The van der Waals surface area contributed by atoms with Crippen molar-refractivity contribution in [3.63, 3.8) is 0 Å². The lowest BCUT2D eigenvalue weighted by atomic mass is 10.0. The van der Waals surface area contributed by atoms with Gasteiger partial charge in [-0.1, -0.05) is 36.4 Å². The van der Waals surface area contributed by atoms with Gasteiger partial charge in [0, 0.05) is 18.3 Å². The Morgan fingerprint density at radius 1 is 1.03 bits per heavy atom. The number of carbonyl (C=O) groups is 1. The number of ketones is 1. The van der Waals surface area contributed by atoms with Gasteiger partial charge in [-0.25, -0.2) is 9.97 Å². The van der Waals surface area contributed by atoms with Gasteiger partial charge in [0.25, 0.3) is 0 Å². The molecule has 0 aliphatic rings. The van der Waals surface area contributed by atoms with Gasteiger partial charge in [-0.2, -0.15) is 0 Å². The van der Waals surface area contributed by atoms with Crippen LogP contribution in [0.5, 0.6) is 5.75 Å². The molecule has 2 heterocycles. The molecule has 0 spiro atoms. The van der Waals surface area contributed by atoms with E-state index in [1.165, 1.54) is 30.4 Å². The van der Waals surface area contributed by atoms with Gasteiger partial charge in [0.15, 0.2) is 11.6 Å². The number of fused-ring (bicyclic) bond motifs is 1. The normalized spacial score (nSPS) is 11.6. The Kier molecular flexibility index (Phi) is 6.83. The summed E-state index contributed by atoms with van der Waals surface area (Å²) in [5, 5.41) is 4.26. The molecule has 0 fully saturated rings. The molecule has 2 aromatic heterocycles. The Morgan fingerprint density at radius 2 is 1.68 bits per heavy atom. The van der Waals surface area contributed by atoms with Gasteiger partial charge < -0.3 is 10.1 Å². The SMILES string of the molecule is CC(=O)c1nc(NCCCc2ccc(-c3ccc(OC(F)(F)F)cc3)cc2)c2cc(C)sc2n1. The number of anilines is 1. The summed E-state index contributed by atoms with van der Waals surface area (Å²) < 4.78 is 40.8. The van der Waals surface area contributed by atoms with Crippen molar-refractivity contribution in [1.82, 2.24) is 9.97 Å². The van der Waals surface area contributed by atoms with E-state index in [1.54, 1.807) is 12.1 Å². The highest BCUT2D eigenvalue weighted by Gasteiger charge is 2.30. The van der Waals surface area contributed by atoms with Gasteiger partial charge >= 0.3 is 6.36 Å². The fourth-order valence-electron chi connectivity index (χ4n) is 3.55. The third kappa shape index (κ3) is 5.91. The Bertz CT molecular complexity index is 1300. The average Bonchev–Trinajstić information content (AvgIpc) is 3.17. The Morgan fingerprint density at radius 3 is 2.29 bits per heavy atom. The molecule has 4 aromatic rings. The minimum atomic E-state index is -4.70. The summed E-state index contributed by atoms with van der Waals surface area (Å²) >= 11 is 1.54. The van der Waals surface area contributed by atoms with Crippen molar-refractivity contribution >= 4 is 33.2 Å². The summed E-state index contributed by atoms with van der Waals surface area (Å²) in [6, 6.07) is 15.7. The number of hydrogen-bond donors (Lipinski definition) is 1. The molecule has 4 rings (SSSR count). The molecule has 5 nitrogen and oxygen atoms in total. The number of halogens is 3. The lowest BCUT2D eigenvalue weighted by Gasteiger charge is -2.10. The fourth-order valence-corrected chi connectivity index (χ4v) is 4.43. The first-order valence-corrected chi connectivity index (χ1v) is 11.5. The molecule has 0 atom stereocenters. The highest BCUT2D eigenvalue weighted by Crippen LogP contribution is 2.29. The molecule has 0 aliphatic carbocycles. The van der Waals surface area contributed by atoms with Gasteiger partial charge in [0.1, 0.15) is 16.4 Å². The number of aromatic nitrogens is 2. The number of nitrogens with zero attached hydrogens (tertiary/aromatic N) is 2. The van der Waals surface area contributed by atoms with Gasteiger partial charge in [-0.15, -0.1) is 24.5 Å². The van der Waals surface area contributed by atoms with Crippen LogP contribution >= 0.6 is 11.3 Å². The van der Waals surface area contributed by atoms with E-state index in [1.807, 2.05) is 37.3 Å². The minimum Gasteiger partial charge on any atom is -0.406 e. The first-order valence-electron chi connectivity index (χ1n) is 10.7.